The number of carbonyl (C=O) groups excluding carboxylic acids is 3. The number of hydrogen-bond donors (Lipinski definition) is 1. The maximum atomic E-state index is 15.5. The van der Waals surface area contributed by atoms with Gasteiger partial charge < -0.3 is 24.3 Å². The maximum Gasteiger partial charge on any atom is 0.328 e. The number of likely N-dealkylation sites (N-methyl/N-ethyl adjacent to an activating group) is 1. The van der Waals surface area contributed by atoms with Crippen molar-refractivity contribution in [3.63, 3.8) is 0 Å². The zero-order chi connectivity index (χ0) is 26.9. The summed E-state index contributed by atoms with van der Waals surface area (Å²) >= 11 is 6.77. The van der Waals surface area contributed by atoms with Gasteiger partial charge >= 0.3 is 11.9 Å². The number of Topliss-reactive ketones (excluding diaryl/α,β-unsaturated/α-hetero) is 1. The van der Waals surface area contributed by atoms with Crippen molar-refractivity contribution in [2.45, 2.75) is 32.7 Å². The number of aromatic nitrogens is 1. The molecule has 1 saturated carbocycles. The minimum atomic E-state index is -1.96. The Morgan fingerprint density at radius 3 is 2.37 bits per heavy atom. The minimum absolute atomic E-state index is 0. The fraction of sp³-hybridized carbons (Fsp3) is 0.462. The second-order valence-electron chi connectivity index (χ2n) is 9.00. The highest BCUT2D eigenvalue weighted by Crippen LogP contribution is 2.42. The Balaban J connectivity index is 0.00000400. The van der Waals surface area contributed by atoms with Crippen molar-refractivity contribution in [1.82, 2.24) is 9.88 Å². The van der Waals surface area contributed by atoms with E-state index in [4.69, 9.17) is 21.1 Å². The van der Waals surface area contributed by atoms with Crippen LogP contribution in [0.3, 0.4) is 0 Å². The zero-order valence-corrected chi connectivity index (χ0v) is 22.9. The molecule has 1 aliphatic heterocycles. The molecule has 2 aliphatic rings. The largest absolute Gasteiger partial charge is 0.465 e. The molecule has 38 heavy (non-hydrogen) atoms. The Labute approximate surface area is 230 Å². The molecule has 0 amide bonds. The topological polar surface area (TPSA) is 107 Å². The predicted molar refractivity (Wildman–Crippen MR) is 144 cm³/mol. The van der Waals surface area contributed by atoms with Crippen LogP contribution in [0.5, 0.6) is 0 Å². The molecule has 0 spiro atoms. The van der Waals surface area contributed by atoms with E-state index in [1.54, 1.807) is 9.47 Å². The monoisotopic (exact) mass is 569 g/mol. The highest BCUT2D eigenvalue weighted by Gasteiger charge is 2.40. The number of esters is 2. The van der Waals surface area contributed by atoms with E-state index in [1.807, 2.05) is 13.1 Å². The van der Waals surface area contributed by atoms with Gasteiger partial charge in [-0.05, 0) is 45.4 Å². The number of ketones is 1. The average Bonchev–Trinajstić information content (AvgIpc) is 3.59. The first-order valence-corrected chi connectivity index (χ1v) is 12.6. The van der Waals surface area contributed by atoms with Crippen molar-refractivity contribution in [2.75, 3.05) is 44.8 Å². The Morgan fingerprint density at radius 1 is 1.18 bits per heavy atom. The Bertz CT molecular complexity index is 1340. The highest BCUT2D eigenvalue weighted by atomic mass is 35.5. The van der Waals surface area contributed by atoms with Gasteiger partial charge in [0.05, 0.1) is 40.4 Å². The van der Waals surface area contributed by atoms with E-state index in [9.17, 15) is 19.2 Å². The number of nitrogens with one attached hydrogen (secondary N) is 1. The quantitative estimate of drug-likeness (QED) is 0.201. The van der Waals surface area contributed by atoms with Crippen molar-refractivity contribution < 1.29 is 28.2 Å². The Kier molecular flexibility index (Phi) is 9.56. The van der Waals surface area contributed by atoms with Gasteiger partial charge in [-0.3, -0.25) is 19.2 Å². The van der Waals surface area contributed by atoms with Crippen LogP contribution in [-0.4, -0.2) is 62.2 Å². The van der Waals surface area contributed by atoms with Gasteiger partial charge in [0.15, 0.2) is 11.2 Å². The molecular formula is C26H30Cl2FN3O6. The third-order valence-corrected chi connectivity index (χ3v) is 6.77. The lowest BCUT2D eigenvalue weighted by molar-refractivity contribution is -0.158. The van der Waals surface area contributed by atoms with Gasteiger partial charge in [0, 0.05) is 31.9 Å². The predicted octanol–water partition coefficient (Wildman–Crippen LogP) is 3.44. The molecule has 1 fully saturated rings. The number of benzene rings is 1. The molecule has 2 aromatic rings. The van der Waals surface area contributed by atoms with Crippen LogP contribution in [-0.2, 0) is 19.1 Å². The summed E-state index contributed by atoms with van der Waals surface area (Å²) in [5.41, 5.74) is 0.335. The molecule has 9 nitrogen and oxygen atoms in total. The van der Waals surface area contributed by atoms with Gasteiger partial charge in [-0.2, -0.15) is 0 Å². The lowest BCUT2D eigenvalue weighted by Crippen LogP contribution is -2.37. The summed E-state index contributed by atoms with van der Waals surface area (Å²) in [6, 6.07) is 1.01. The lowest BCUT2D eigenvalue weighted by atomic mass is 9.96. The molecule has 0 atom stereocenters. The third kappa shape index (κ3) is 5.57. The number of carbonyl (C=O) groups is 3. The van der Waals surface area contributed by atoms with E-state index >= 15 is 4.39 Å². The number of halogens is 3. The van der Waals surface area contributed by atoms with E-state index in [1.165, 1.54) is 20.0 Å². The smallest absolute Gasteiger partial charge is 0.328 e. The minimum Gasteiger partial charge on any atom is -0.465 e. The van der Waals surface area contributed by atoms with Crippen LogP contribution < -0.4 is 15.6 Å². The van der Waals surface area contributed by atoms with Crippen LogP contribution >= 0.6 is 24.0 Å². The molecule has 1 N–H and O–H groups in total. The van der Waals surface area contributed by atoms with Crippen LogP contribution in [0.4, 0.5) is 10.1 Å². The Hall–Kier alpha value is -2.95. The number of hydrogen-bond acceptors (Lipinski definition) is 8. The average molecular weight is 570 g/mol. The van der Waals surface area contributed by atoms with Gasteiger partial charge in [0.1, 0.15) is 5.82 Å². The van der Waals surface area contributed by atoms with E-state index in [-0.39, 0.29) is 47.8 Å². The summed E-state index contributed by atoms with van der Waals surface area (Å²) in [4.78, 5) is 53.7. The first-order valence-electron chi connectivity index (χ1n) is 12.2. The molecular weight excluding hydrogens is 540 g/mol. The van der Waals surface area contributed by atoms with E-state index < -0.39 is 40.4 Å². The maximum absolute atomic E-state index is 15.5. The number of pyridine rings is 1. The lowest BCUT2D eigenvalue weighted by Gasteiger charge is -2.24. The van der Waals surface area contributed by atoms with Crippen LogP contribution in [0.25, 0.3) is 10.9 Å². The summed E-state index contributed by atoms with van der Waals surface area (Å²) in [6.07, 6.45) is 4.85. The van der Waals surface area contributed by atoms with E-state index in [0.717, 1.165) is 24.5 Å². The summed E-state index contributed by atoms with van der Waals surface area (Å²) in [6.45, 7) is 4.51. The second kappa shape index (κ2) is 12.3. The van der Waals surface area contributed by atoms with Crippen LogP contribution in [0.1, 0.15) is 43.1 Å². The number of anilines is 1. The van der Waals surface area contributed by atoms with Crippen molar-refractivity contribution >= 4 is 58.3 Å². The molecule has 1 aliphatic carbocycles. The van der Waals surface area contributed by atoms with Gasteiger partial charge in [-0.25, -0.2) is 4.39 Å². The van der Waals surface area contributed by atoms with E-state index in [0.29, 0.717) is 25.2 Å². The van der Waals surface area contributed by atoms with Gasteiger partial charge in [0.25, 0.3) is 0 Å². The van der Waals surface area contributed by atoms with Crippen LogP contribution in [0, 0.1) is 11.7 Å². The summed E-state index contributed by atoms with van der Waals surface area (Å²) < 4.78 is 27.0. The molecule has 206 valence electrons. The number of ether oxygens (including phenoxy) is 2. The summed E-state index contributed by atoms with van der Waals surface area (Å²) in [5, 5.41) is 3.05. The van der Waals surface area contributed by atoms with Crippen molar-refractivity contribution in [2.24, 2.45) is 5.92 Å². The second-order valence-corrected chi connectivity index (χ2v) is 9.38. The standard InChI is InChI=1S/C26H29ClFN3O6.ClH/c1-4-36-25(34)19(26(35)37-5-2)24(33)17-13-31(15-6-7-15)21-16(23(17)32)10-18(28)22(20(21)27)30-9-8-14(12-30)11-29-3;/h8,10,13,15,19,29H,4-7,9,11-12H2,1-3H3;1H. The fourth-order valence-corrected chi connectivity index (χ4v) is 5.00. The molecule has 2 heterocycles. The van der Waals surface area contributed by atoms with E-state index in [2.05, 4.69) is 5.32 Å². The van der Waals surface area contributed by atoms with Crippen molar-refractivity contribution in [3.8, 4) is 0 Å². The molecule has 1 aromatic heterocycles. The van der Waals surface area contributed by atoms with Crippen LogP contribution in [0.15, 0.2) is 28.7 Å². The highest BCUT2D eigenvalue weighted by molar-refractivity contribution is 6.38. The van der Waals surface area contributed by atoms with Gasteiger partial charge in [-0.15, -0.1) is 12.4 Å². The van der Waals surface area contributed by atoms with Gasteiger partial charge in [-0.1, -0.05) is 17.7 Å². The van der Waals surface area contributed by atoms with Crippen molar-refractivity contribution in [1.29, 1.82) is 0 Å². The first kappa shape index (κ1) is 29.6. The molecule has 0 radical (unpaired) electrons. The third-order valence-electron chi connectivity index (χ3n) is 6.41. The fourth-order valence-electron chi connectivity index (χ4n) is 4.59. The SMILES string of the molecule is CCOC(=O)C(C(=O)OCC)C(=O)c1cn(C2CC2)c2c(Cl)c(N3CC=C(CNC)C3)c(F)cc2c1=O.Cl. The Morgan fingerprint density at radius 2 is 1.82 bits per heavy atom. The zero-order valence-electron chi connectivity index (χ0n) is 21.3. The molecule has 12 heteroatoms. The first-order chi connectivity index (χ1) is 17.7. The normalized spacial score (nSPS) is 14.9. The van der Waals surface area contributed by atoms with Crippen molar-refractivity contribution in [3.05, 3.63) is 50.5 Å². The molecule has 1 aromatic carbocycles. The number of fused-ring (bicyclic) bond motifs is 1. The molecule has 0 bridgehead atoms. The summed E-state index contributed by atoms with van der Waals surface area (Å²) in [7, 11) is 1.83. The van der Waals surface area contributed by atoms with Gasteiger partial charge in [0.2, 0.25) is 5.92 Å². The number of rotatable bonds is 10. The molecule has 0 saturated heterocycles. The number of nitrogens with zero attached hydrogens (tertiary/aromatic N) is 2. The molecule has 4 rings (SSSR count). The van der Waals surface area contributed by atoms with Crippen LogP contribution in [0.2, 0.25) is 5.02 Å². The molecule has 0 unspecified atom stereocenters. The summed E-state index contributed by atoms with van der Waals surface area (Å²) in [5.74, 6) is -5.94.